The second kappa shape index (κ2) is 5.70. The highest BCUT2D eigenvalue weighted by Crippen LogP contribution is 2.32. The minimum absolute atomic E-state index is 0.0972. The van der Waals surface area contributed by atoms with E-state index in [4.69, 9.17) is 18.0 Å². The van der Waals surface area contributed by atoms with Crippen molar-refractivity contribution in [2.75, 3.05) is 0 Å². The Labute approximate surface area is 119 Å². The van der Waals surface area contributed by atoms with Crippen LogP contribution in [0.15, 0.2) is 24.3 Å². The van der Waals surface area contributed by atoms with E-state index < -0.39 is 0 Å². The summed E-state index contributed by atoms with van der Waals surface area (Å²) in [4.78, 5) is 12.5. The van der Waals surface area contributed by atoms with Gasteiger partial charge < -0.3 is 11.1 Å². The highest BCUT2D eigenvalue weighted by atomic mass is 32.1. The lowest BCUT2D eigenvalue weighted by atomic mass is 10.0. The molecule has 0 bridgehead atoms. The topological polar surface area (TPSA) is 55.1 Å². The maximum atomic E-state index is 12.1. The number of carbonyl (C=O) groups excluding carboxylic acids is 1. The molecule has 3 nitrogen and oxygen atoms in total. The molecule has 1 aliphatic carbocycles. The summed E-state index contributed by atoms with van der Waals surface area (Å²) in [5.74, 6) is 0.796. The van der Waals surface area contributed by atoms with Gasteiger partial charge >= 0.3 is 0 Å². The summed E-state index contributed by atoms with van der Waals surface area (Å²) in [6, 6.07) is 7.54. The van der Waals surface area contributed by atoms with Crippen LogP contribution in [0.3, 0.4) is 0 Å². The fourth-order valence-corrected chi connectivity index (χ4v) is 2.35. The molecule has 1 atom stereocenters. The number of thiocarbonyl (C=S) groups is 1. The van der Waals surface area contributed by atoms with Crippen LogP contribution < -0.4 is 11.1 Å². The maximum absolute atomic E-state index is 12.1. The van der Waals surface area contributed by atoms with E-state index in [0.717, 1.165) is 12.8 Å². The Hall–Kier alpha value is -1.42. The molecule has 1 aromatic rings. The Morgan fingerprint density at radius 2 is 1.89 bits per heavy atom. The van der Waals surface area contributed by atoms with Crippen molar-refractivity contribution in [1.82, 2.24) is 5.32 Å². The van der Waals surface area contributed by atoms with Gasteiger partial charge in [-0.25, -0.2) is 0 Å². The predicted octanol–water partition coefficient (Wildman–Crippen LogP) is 2.60. The van der Waals surface area contributed by atoms with E-state index in [2.05, 4.69) is 19.2 Å². The first-order chi connectivity index (χ1) is 8.99. The lowest BCUT2D eigenvalue weighted by Gasteiger charge is -2.17. The average molecular weight is 276 g/mol. The third kappa shape index (κ3) is 3.53. The summed E-state index contributed by atoms with van der Waals surface area (Å²) in [6.07, 6.45) is 2.18. The van der Waals surface area contributed by atoms with Gasteiger partial charge in [-0.3, -0.25) is 4.79 Å². The molecule has 0 aromatic heterocycles. The maximum Gasteiger partial charge on any atom is 0.251 e. The highest BCUT2D eigenvalue weighted by Gasteiger charge is 2.34. The molecule has 1 aliphatic rings. The largest absolute Gasteiger partial charge is 0.392 e. The highest BCUT2D eigenvalue weighted by molar-refractivity contribution is 7.80. The number of nitrogens with one attached hydrogen (secondary N) is 1. The Kier molecular flexibility index (Phi) is 4.20. The average Bonchev–Trinajstić information content (AvgIpc) is 3.19. The van der Waals surface area contributed by atoms with Gasteiger partial charge in [-0.15, -0.1) is 0 Å². The van der Waals surface area contributed by atoms with Crippen LogP contribution in [0.5, 0.6) is 0 Å². The molecule has 1 amide bonds. The van der Waals surface area contributed by atoms with Crippen molar-refractivity contribution in [3.63, 3.8) is 0 Å². The first-order valence-electron chi connectivity index (χ1n) is 6.69. The van der Waals surface area contributed by atoms with Crippen molar-refractivity contribution in [1.29, 1.82) is 0 Å². The first-order valence-corrected chi connectivity index (χ1v) is 7.10. The molecule has 19 heavy (non-hydrogen) atoms. The quantitative estimate of drug-likeness (QED) is 0.813. The molecular formula is C15H20N2OS. The molecule has 1 saturated carbocycles. The van der Waals surface area contributed by atoms with Gasteiger partial charge in [0.15, 0.2) is 0 Å². The SMILES string of the molecule is CC(C)c1ccc(C(=O)NC(C(N)=S)C2CC2)cc1. The van der Waals surface area contributed by atoms with Crippen LogP contribution in [-0.4, -0.2) is 16.9 Å². The standard InChI is InChI=1S/C15H20N2OS/c1-9(2)10-3-7-12(8-4-10)15(18)17-13(14(16)19)11-5-6-11/h3-4,7-9,11,13H,5-6H2,1-2H3,(H2,16,19)(H,17,18). The van der Waals surface area contributed by atoms with E-state index in [1.54, 1.807) is 0 Å². The molecule has 3 N–H and O–H groups in total. The molecule has 1 fully saturated rings. The zero-order valence-corrected chi connectivity index (χ0v) is 12.2. The molecule has 0 aliphatic heterocycles. The van der Waals surface area contributed by atoms with Crippen LogP contribution in [0.1, 0.15) is 48.5 Å². The number of carbonyl (C=O) groups is 1. The molecule has 4 heteroatoms. The van der Waals surface area contributed by atoms with Crippen LogP contribution in [0.4, 0.5) is 0 Å². The van der Waals surface area contributed by atoms with E-state index in [9.17, 15) is 4.79 Å². The third-order valence-corrected chi connectivity index (χ3v) is 3.78. The molecule has 2 rings (SSSR count). The Bertz CT molecular complexity index is 477. The van der Waals surface area contributed by atoms with Crippen molar-refractivity contribution in [3.8, 4) is 0 Å². The van der Waals surface area contributed by atoms with Crippen molar-refractivity contribution in [2.24, 2.45) is 11.7 Å². The van der Waals surface area contributed by atoms with Crippen molar-refractivity contribution in [3.05, 3.63) is 35.4 Å². The van der Waals surface area contributed by atoms with Crippen molar-refractivity contribution < 1.29 is 4.79 Å². The summed E-state index contributed by atoms with van der Waals surface area (Å²) in [5.41, 5.74) is 7.57. The van der Waals surface area contributed by atoms with Gasteiger partial charge in [-0.05, 0) is 42.4 Å². The summed E-state index contributed by atoms with van der Waals surface area (Å²) < 4.78 is 0. The van der Waals surface area contributed by atoms with Gasteiger partial charge in [0, 0.05) is 5.56 Å². The Morgan fingerprint density at radius 1 is 1.32 bits per heavy atom. The van der Waals surface area contributed by atoms with Crippen LogP contribution in [0.2, 0.25) is 0 Å². The van der Waals surface area contributed by atoms with Crippen molar-refractivity contribution in [2.45, 2.75) is 38.6 Å². The summed E-state index contributed by atoms with van der Waals surface area (Å²) in [6.45, 7) is 4.26. The normalized spacial score (nSPS) is 16.2. The second-order valence-corrected chi connectivity index (χ2v) is 5.94. The number of hydrogen-bond donors (Lipinski definition) is 2. The zero-order valence-electron chi connectivity index (χ0n) is 11.3. The number of amides is 1. The first kappa shape index (κ1) is 14.0. The third-order valence-electron chi connectivity index (χ3n) is 3.53. The van der Waals surface area contributed by atoms with E-state index >= 15 is 0 Å². The van der Waals surface area contributed by atoms with Crippen LogP contribution in [0.25, 0.3) is 0 Å². The second-order valence-electron chi connectivity index (χ2n) is 5.47. The van der Waals surface area contributed by atoms with Gasteiger partial charge in [0.25, 0.3) is 5.91 Å². The van der Waals surface area contributed by atoms with Crippen LogP contribution >= 0.6 is 12.2 Å². The molecular weight excluding hydrogens is 256 g/mol. The molecule has 1 aromatic carbocycles. The summed E-state index contributed by atoms with van der Waals surface area (Å²) in [5, 5.41) is 2.94. The van der Waals surface area contributed by atoms with Gasteiger partial charge in [-0.1, -0.05) is 38.2 Å². The summed E-state index contributed by atoms with van der Waals surface area (Å²) >= 11 is 5.02. The zero-order chi connectivity index (χ0) is 14.0. The van der Waals surface area contributed by atoms with Gasteiger partial charge in [-0.2, -0.15) is 0 Å². The molecule has 1 unspecified atom stereocenters. The van der Waals surface area contributed by atoms with Crippen molar-refractivity contribution >= 4 is 23.1 Å². The van der Waals surface area contributed by atoms with E-state index in [1.807, 2.05) is 24.3 Å². The van der Waals surface area contributed by atoms with E-state index in [1.165, 1.54) is 5.56 Å². The Morgan fingerprint density at radius 3 is 2.32 bits per heavy atom. The number of nitrogens with two attached hydrogens (primary N) is 1. The van der Waals surface area contributed by atoms with Crippen LogP contribution in [0, 0.1) is 5.92 Å². The van der Waals surface area contributed by atoms with Crippen LogP contribution in [-0.2, 0) is 0 Å². The van der Waals surface area contributed by atoms with Gasteiger partial charge in [0.05, 0.1) is 11.0 Å². The van der Waals surface area contributed by atoms with E-state index in [-0.39, 0.29) is 11.9 Å². The van der Waals surface area contributed by atoms with Gasteiger partial charge in [0.2, 0.25) is 0 Å². The molecule has 0 saturated heterocycles. The number of benzene rings is 1. The summed E-state index contributed by atoms with van der Waals surface area (Å²) in [7, 11) is 0. The number of hydrogen-bond acceptors (Lipinski definition) is 2. The molecule has 0 heterocycles. The lowest BCUT2D eigenvalue weighted by Crippen LogP contribution is -2.45. The van der Waals surface area contributed by atoms with Gasteiger partial charge in [0.1, 0.15) is 0 Å². The minimum Gasteiger partial charge on any atom is -0.392 e. The Balaban J connectivity index is 2.04. The predicted molar refractivity (Wildman–Crippen MR) is 81.3 cm³/mol. The monoisotopic (exact) mass is 276 g/mol. The molecule has 102 valence electrons. The smallest absolute Gasteiger partial charge is 0.251 e. The molecule has 0 radical (unpaired) electrons. The minimum atomic E-state index is -0.160. The fraction of sp³-hybridized carbons (Fsp3) is 0.467. The molecule has 0 spiro atoms. The fourth-order valence-electron chi connectivity index (χ4n) is 2.09. The lowest BCUT2D eigenvalue weighted by molar-refractivity contribution is 0.0944. The number of rotatable bonds is 5. The van der Waals surface area contributed by atoms with E-state index in [0.29, 0.717) is 22.4 Å².